The lowest BCUT2D eigenvalue weighted by molar-refractivity contribution is -0.158. The average Bonchev–Trinajstić information content (AvgIpc) is 2.62. The average molecular weight is 282 g/mol. The van der Waals surface area contributed by atoms with Gasteiger partial charge in [-0.05, 0) is 18.1 Å². The molecular weight excluding hydrogens is 266 g/mol. The quantitative estimate of drug-likeness (QED) is 0.831. The van der Waals surface area contributed by atoms with E-state index in [1.165, 1.54) is 0 Å². The third kappa shape index (κ3) is 2.35. The van der Waals surface area contributed by atoms with Gasteiger partial charge in [-0.15, -0.1) is 0 Å². The normalized spacial score (nSPS) is 28.1. The van der Waals surface area contributed by atoms with E-state index >= 15 is 0 Å². The summed E-state index contributed by atoms with van der Waals surface area (Å²) in [6, 6.07) is 7.71. The number of fused-ring (bicyclic) bond motifs is 1. The molecule has 2 aliphatic heterocycles. The zero-order chi connectivity index (χ0) is 14.3. The Morgan fingerprint density at radius 2 is 2.15 bits per heavy atom. The minimum atomic E-state index is -3.36. The number of rotatable bonds is 2. The van der Waals surface area contributed by atoms with Crippen molar-refractivity contribution in [3.8, 4) is 0 Å². The number of carbonyl (C=O) groups is 1. The monoisotopic (exact) mass is 282 g/mol. The van der Waals surface area contributed by atoms with Gasteiger partial charge < -0.3 is 15.4 Å². The second-order valence-corrected chi connectivity index (χ2v) is 5.43. The highest BCUT2D eigenvalue weighted by molar-refractivity contribution is 5.79. The van der Waals surface area contributed by atoms with Crippen LogP contribution in [0.2, 0.25) is 0 Å². The predicted octanol–water partition coefficient (Wildman–Crippen LogP) is 1.33. The van der Waals surface area contributed by atoms with Crippen LogP contribution < -0.4 is 10.6 Å². The molecule has 0 spiro atoms. The van der Waals surface area contributed by atoms with Crippen molar-refractivity contribution >= 4 is 11.7 Å². The lowest BCUT2D eigenvalue weighted by Crippen LogP contribution is -2.46. The molecule has 0 aliphatic carbocycles. The third-order valence-corrected chi connectivity index (χ3v) is 3.75. The van der Waals surface area contributed by atoms with Crippen LogP contribution in [0.3, 0.4) is 0 Å². The Balaban J connectivity index is 1.77. The van der Waals surface area contributed by atoms with Gasteiger partial charge in [-0.3, -0.25) is 0 Å². The van der Waals surface area contributed by atoms with Gasteiger partial charge in [-0.1, -0.05) is 18.2 Å². The molecule has 1 aromatic carbocycles. The van der Waals surface area contributed by atoms with E-state index in [0.717, 1.165) is 17.7 Å². The standard InChI is InChI=1S/C14H16F2N2O2/c15-14(16)6-11(20-13(14)19)8-18-7-10(17)5-9-3-1-2-4-12(9)18/h1-4,10-11H,5-8,17H2. The molecule has 6 heteroatoms. The van der Waals surface area contributed by atoms with Crippen LogP contribution in [0.25, 0.3) is 0 Å². The van der Waals surface area contributed by atoms with Crippen molar-refractivity contribution in [3.05, 3.63) is 29.8 Å². The molecule has 3 rings (SSSR count). The van der Waals surface area contributed by atoms with Crippen LogP contribution in [0.15, 0.2) is 24.3 Å². The molecule has 2 heterocycles. The number of nitrogens with two attached hydrogens (primary N) is 1. The van der Waals surface area contributed by atoms with Gasteiger partial charge in [0.05, 0.1) is 13.0 Å². The number of ether oxygens (including phenoxy) is 1. The second-order valence-electron chi connectivity index (χ2n) is 5.43. The molecule has 20 heavy (non-hydrogen) atoms. The molecule has 108 valence electrons. The van der Waals surface area contributed by atoms with Gasteiger partial charge in [0.2, 0.25) is 0 Å². The summed E-state index contributed by atoms with van der Waals surface area (Å²) in [5, 5.41) is 0. The Bertz CT molecular complexity index is 536. The maximum Gasteiger partial charge on any atom is 0.377 e. The number of anilines is 1. The SMILES string of the molecule is NC1Cc2ccccc2N(CC2CC(F)(F)C(=O)O2)C1. The number of hydrogen-bond donors (Lipinski definition) is 1. The Kier molecular flexibility index (Phi) is 3.12. The first kappa shape index (κ1) is 13.3. The van der Waals surface area contributed by atoms with E-state index in [1.807, 2.05) is 29.2 Å². The molecule has 0 saturated carbocycles. The fourth-order valence-corrected chi connectivity index (χ4v) is 2.89. The van der Waals surface area contributed by atoms with Crippen LogP contribution in [-0.4, -0.2) is 37.1 Å². The summed E-state index contributed by atoms with van der Waals surface area (Å²) >= 11 is 0. The highest BCUT2D eigenvalue weighted by Crippen LogP contribution is 2.33. The molecule has 2 unspecified atom stereocenters. The molecule has 0 aromatic heterocycles. The first-order chi connectivity index (χ1) is 9.45. The summed E-state index contributed by atoms with van der Waals surface area (Å²) in [5.41, 5.74) is 8.08. The summed E-state index contributed by atoms with van der Waals surface area (Å²) in [6.45, 7) is 0.836. The molecule has 4 nitrogen and oxygen atoms in total. The van der Waals surface area contributed by atoms with Crippen LogP contribution in [-0.2, 0) is 16.0 Å². The number of nitrogens with zero attached hydrogens (tertiary/aromatic N) is 1. The van der Waals surface area contributed by atoms with E-state index in [1.54, 1.807) is 0 Å². The van der Waals surface area contributed by atoms with Crippen LogP contribution in [0.5, 0.6) is 0 Å². The highest BCUT2D eigenvalue weighted by Gasteiger charge is 2.51. The summed E-state index contributed by atoms with van der Waals surface area (Å²) in [7, 11) is 0. The van der Waals surface area contributed by atoms with E-state index in [-0.39, 0.29) is 12.6 Å². The van der Waals surface area contributed by atoms with Crippen molar-refractivity contribution in [1.82, 2.24) is 0 Å². The summed E-state index contributed by atoms with van der Waals surface area (Å²) in [4.78, 5) is 13.0. The van der Waals surface area contributed by atoms with Gasteiger partial charge in [-0.25, -0.2) is 4.79 Å². The number of halogens is 2. The van der Waals surface area contributed by atoms with Crippen LogP contribution in [0.1, 0.15) is 12.0 Å². The summed E-state index contributed by atoms with van der Waals surface area (Å²) in [5.74, 6) is -4.78. The van der Waals surface area contributed by atoms with Gasteiger partial charge in [-0.2, -0.15) is 8.78 Å². The number of para-hydroxylation sites is 1. The number of esters is 1. The largest absolute Gasteiger partial charge is 0.456 e. The number of hydrogen-bond acceptors (Lipinski definition) is 4. The topological polar surface area (TPSA) is 55.6 Å². The lowest BCUT2D eigenvalue weighted by atomic mass is 9.98. The molecule has 1 aromatic rings. The van der Waals surface area contributed by atoms with Crippen LogP contribution in [0, 0.1) is 0 Å². The van der Waals surface area contributed by atoms with Crippen molar-refractivity contribution in [3.63, 3.8) is 0 Å². The number of cyclic esters (lactones) is 1. The number of alkyl halides is 2. The maximum absolute atomic E-state index is 13.2. The lowest BCUT2D eigenvalue weighted by Gasteiger charge is -2.35. The molecule has 0 amide bonds. The molecule has 0 radical (unpaired) electrons. The smallest absolute Gasteiger partial charge is 0.377 e. The van der Waals surface area contributed by atoms with Crippen molar-refractivity contribution in [2.45, 2.75) is 30.9 Å². The van der Waals surface area contributed by atoms with Crippen molar-refractivity contribution < 1.29 is 18.3 Å². The summed E-state index contributed by atoms with van der Waals surface area (Å²) < 4.78 is 31.2. The van der Waals surface area contributed by atoms with Gasteiger partial charge in [0.25, 0.3) is 0 Å². The Morgan fingerprint density at radius 3 is 2.85 bits per heavy atom. The summed E-state index contributed by atoms with van der Waals surface area (Å²) in [6.07, 6.45) is -0.566. The minimum absolute atomic E-state index is 0.0393. The van der Waals surface area contributed by atoms with Crippen LogP contribution in [0.4, 0.5) is 14.5 Å². The first-order valence-electron chi connectivity index (χ1n) is 6.63. The third-order valence-electron chi connectivity index (χ3n) is 3.75. The van der Waals surface area contributed by atoms with Gasteiger partial charge in [0.1, 0.15) is 6.10 Å². The van der Waals surface area contributed by atoms with Crippen molar-refractivity contribution in [2.24, 2.45) is 5.73 Å². The molecule has 2 atom stereocenters. The number of benzene rings is 1. The second kappa shape index (κ2) is 4.70. The fourth-order valence-electron chi connectivity index (χ4n) is 2.89. The molecule has 2 aliphatic rings. The van der Waals surface area contributed by atoms with Gasteiger partial charge in [0.15, 0.2) is 0 Å². The predicted molar refractivity (Wildman–Crippen MR) is 69.8 cm³/mol. The van der Waals surface area contributed by atoms with Crippen LogP contribution >= 0.6 is 0 Å². The van der Waals surface area contributed by atoms with E-state index in [9.17, 15) is 13.6 Å². The Hall–Kier alpha value is -1.69. The van der Waals surface area contributed by atoms with Gasteiger partial charge >= 0.3 is 11.9 Å². The molecule has 2 N–H and O–H groups in total. The molecule has 1 saturated heterocycles. The fraction of sp³-hybridized carbons (Fsp3) is 0.500. The van der Waals surface area contributed by atoms with E-state index in [2.05, 4.69) is 0 Å². The zero-order valence-corrected chi connectivity index (χ0v) is 10.9. The maximum atomic E-state index is 13.2. The molecule has 0 bridgehead atoms. The van der Waals surface area contributed by atoms with E-state index < -0.39 is 24.4 Å². The van der Waals surface area contributed by atoms with E-state index in [0.29, 0.717) is 6.54 Å². The zero-order valence-electron chi connectivity index (χ0n) is 10.9. The minimum Gasteiger partial charge on any atom is -0.456 e. The molecular formula is C14H16F2N2O2. The van der Waals surface area contributed by atoms with E-state index in [4.69, 9.17) is 10.5 Å². The first-order valence-corrected chi connectivity index (χ1v) is 6.63. The van der Waals surface area contributed by atoms with Gasteiger partial charge in [0, 0.05) is 18.3 Å². The molecule has 1 fully saturated rings. The van der Waals surface area contributed by atoms with Crippen molar-refractivity contribution in [2.75, 3.05) is 18.0 Å². The Morgan fingerprint density at radius 1 is 1.40 bits per heavy atom. The number of carbonyl (C=O) groups excluding carboxylic acids is 1. The van der Waals surface area contributed by atoms with Crippen molar-refractivity contribution in [1.29, 1.82) is 0 Å². The Labute approximate surface area is 115 Å². The highest BCUT2D eigenvalue weighted by atomic mass is 19.3.